The molecule has 0 spiro atoms. The molecule has 0 atom stereocenters. The second kappa shape index (κ2) is 5.51. The van der Waals surface area contributed by atoms with E-state index in [0.29, 0.717) is 10.0 Å². The van der Waals surface area contributed by atoms with Crippen molar-refractivity contribution in [3.05, 3.63) is 39.6 Å². The molecule has 0 aliphatic carbocycles. The average molecular weight is 296 g/mol. The van der Waals surface area contributed by atoms with Crippen LogP contribution in [0.25, 0.3) is 0 Å². The summed E-state index contributed by atoms with van der Waals surface area (Å²) < 4.78 is 0. The molecule has 5 heteroatoms. The lowest BCUT2D eigenvalue weighted by Gasteiger charge is -2.25. The predicted octanol–water partition coefficient (Wildman–Crippen LogP) is 5.18. The second-order valence-corrected chi connectivity index (χ2v) is 5.70. The summed E-state index contributed by atoms with van der Waals surface area (Å²) in [5, 5.41) is 9.78. The Bertz CT molecular complexity index is 552. The Hall–Kier alpha value is -1.06. The Labute approximate surface area is 122 Å². The molecule has 0 aromatic heterocycles. The molecule has 19 heavy (non-hydrogen) atoms. The molecule has 1 aromatic rings. The largest absolute Gasteiger partial charge is 0.373 e. The zero-order chi connectivity index (χ0) is 13.2. The van der Waals surface area contributed by atoms with E-state index in [1.165, 1.54) is 31.6 Å². The summed E-state index contributed by atoms with van der Waals surface area (Å²) in [7, 11) is 0. The summed E-state index contributed by atoms with van der Waals surface area (Å²) in [5.41, 5.74) is 3.27. The van der Waals surface area contributed by atoms with Crippen molar-refractivity contribution in [2.75, 3.05) is 13.1 Å². The van der Waals surface area contributed by atoms with Crippen LogP contribution < -0.4 is 0 Å². The smallest absolute Gasteiger partial charge is 0.0872 e. The Kier molecular flexibility index (Phi) is 3.76. The highest BCUT2D eigenvalue weighted by Gasteiger charge is 2.24. The van der Waals surface area contributed by atoms with Gasteiger partial charge >= 0.3 is 0 Å². The Morgan fingerprint density at radius 1 is 0.947 bits per heavy atom. The van der Waals surface area contributed by atoms with Gasteiger partial charge in [-0.05, 0) is 43.9 Å². The molecule has 3 rings (SSSR count). The van der Waals surface area contributed by atoms with Gasteiger partial charge in [-0.15, -0.1) is 0 Å². The molecule has 1 fully saturated rings. The molecule has 0 bridgehead atoms. The number of hydrogen-bond acceptors (Lipinski definition) is 3. The van der Waals surface area contributed by atoms with Crippen LogP contribution in [0.5, 0.6) is 0 Å². The number of halogens is 2. The highest BCUT2D eigenvalue weighted by molar-refractivity contribution is 6.42. The number of fused-ring (bicyclic) bond motifs is 1. The minimum atomic E-state index is 0.516. The summed E-state index contributed by atoms with van der Waals surface area (Å²) in [4.78, 5) is 2.44. The summed E-state index contributed by atoms with van der Waals surface area (Å²) in [5.74, 6) is 0. The molecule has 0 saturated carbocycles. The van der Waals surface area contributed by atoms with Crippen LogP contribution in [0.3, 0.4) is 0 Å². The first-order chi connectivity index (χ1) is 9.24. The topological polar surface area (TPSA) is 28.0 Å². The van der Waals surface area contributed by atoms with Gasteiger partial charge in [-0.2, -0.15) is 10.2 Å². The first-order valence-electron chi connectivity index (χ1n) is 6.58. The van der Waals surface area contributed by atoms with Crippen molar-refractivity contribution in [1.29, 1.82) is 0 Å². The molecule has 2 heterocycles. The maximum atomic E-state index is 5.97. The maximum absolute atomic E-state index is 5.97. The summed E-state index contributed by atoms with van der Waals surface area (Å²) in [6, 6.07) is 5.32. The van der Waals surface area contributed by atoms with Gasteiger partial charge in [0.05, 0.1) is 21.4 Å². The van der Waals surface area contributed by atoms with Crippen LogP contribution in [0.15, 0.2) is 39.8 Å². The number of hydrogen-bond donors (Lipinski definition) is 0. The highest BCUT2D eigenvalue weighted by Crippen LogP contribution is 2.33. The zero-order valence-electron chi connectivity index (χ0n) is 10.6. The monoisotopic (exact) mass is 295 g/mol. The van der Waals surface area contributed by atoms with E-state index >= 15 is 0 Å². The van der Waals surface area contributed by atoms with Crippen LogP contribution in [0.4, 0.5) is 5.69 Å². The van der Waals surface area contributed by atoms with E-state index < -0.39 is 0 Å². The highest BCUT2D eigenvalue weighted by atomic mass is 35.5. The van der Waals surface area contributed by atoms with E-state index in [-0.39, 0.29) is 0 Å². The Morgan fingerprint density at radius 2 is 1.74 bits per heavy atom. The Balaban J connectivity index is 1.83. The van der Waals surface area contributed by atoms with Crippen LogP contribution >= 0.6 is 23.2 Å². The third kappa shape index (κ3) is 2.77. The standard InChI is InChI=1S/C14H15Cl2N3/c15-11-6-5-10(9-12(11)16)17-18-13-3-1-7-19-8-2-4-14(13)19/h5-6,9H,1-4,7-8H2. The van der Waals surface area contributed by atoms with Gasteiger partial charge in [0, 0.05) is 18.8 Å². The third-order valence-corrected chi connectivity index (χ3v) is 4.33. The van der Waals surface area contributed by atoms with Gasteiger partial charge in [0.2, 0.25) is 0 Å². The molecule has 0 radical (unpaired) electrons. The Morgan fingerprint density at radius 3 is 2.53 bits per heavy atom. The quantitative estimate of drug-likeness (QED) is 0.691. The van der Waals surface area contributed by atoms with Gasteiger partial charge in [0.15, 0.2) is 0 Å². The number of allylic oxidation sites excluding steroid dienone is 2. The molecule has 3 nitrogen and oxygen atoms in total. The average Bonchev–Trinajstić information content (AvgIpc) is 2.89. The van der Waals surface area contributed by atoms with Gasteiger partial charge in [-0.25, -0.2) is 0 Å². The van der Waals surface area contributed by atoms with Crippen LogP contribution in [0.1, 0.15) is 25.7 Å². The van der Waals surface area contributed by atoms with Crippen molar-refractivity contribution < 1.29 is 0 Å². The van der Waals surface area contributed by atoms with Gasteiger partial charge in [0.1, 0.15) is 0 Å². The fourth-order valence-corrected chi connectivity index (χ4v) is 2.95. The van der Waals surface area contributed by atoms with Crippen molar-refractivity contribution in [3.63, 3.8) is 0 Å². The first kappa shape index (κ1) is 12.9. The van der Waals surface area contributed by atoms with Crippen LogP contribution in [-0.4, -0.2) is 18.0 Å². The van der Waals surface area contributed by atoms with E-state index in [0.717, 1.165) is 24.2 Å². The van der Waals surface area contributed by atoms with Crippen LogP contribution in [0.2, 0.25) is 10.0 Å². The molecule has 100 valence electrons. The predicted molar refractivity (Wildman–Crippen MR) is 78.0 cm³/mol. The van der Waals surface area contributed by atoms with Gasteiger partial charge in [-0.1, -0.05) is 23.2 Å². The lowest BCUT2D eigenvalue weighted by Crippen LogP contribution is -2.23. The lowest BCUT2D eigenvalue weighted by molar-refractivity contribution is 0.358. The number of benzene rings is 1. The molecular formula is C14H15Cl2N3. The lowest BCUT2D eigenvalue weighted by atomic mass is 10.1. The summed E-state index contributed by atoms with van der Waals surface area (Å²) >= 11 is 11.9. The maximum Gasteiger partial charge on any atom is 0.0872 e. The van der Waals surface area contributed by atoms with E-state index in [1.807, 2.05) is 6.07 Å². The molecule has 1 aromatic carbocycles. The first-order valence-corrected chi connectivity index (χ1v) is 7.33. The minimum Gasteiger partial charge on any atom is -0.373 e. The van der Waals surface area contributed by atoms with E-state index in [4.69, 9.17) is 23.2 Å². The number of nitrogens with zero attached hydrogens (tertiary/aromatic N) is 3. The summed E-state index contributed by atoms with van der Waals surface area (Å²) in [6.45, 7) is 2.34. The van der Waals surface area contributed by atoms with Gasteiger partial charge < -0.3 is 4.90 Å². The second-order valence-electron chi connectivity index (χ2n) is 4.89. The van der Waals surface area contributed by atoms with Crippen molar-refractivity contribution in [3.8, 4) is 0 Å². The van der Waals surface area contributed by atoms with Gasteiger partial charge in [-0.3, -0.25) is 0 Å². The molecular weight excluding hydrogens is 281 g/mol. The van der Waals surface area contributed by atoms with Gasteiger partial charge in [0.25, 0.3) is 0 Å². The van der Waals surface area contributed by atoms with Crippen molar-refractivity contribution >= 4 is 28.9 Å². The number of azo groups is 1. The molecule has 2 aliphatic rings. The molecule has 0 amide bonds. The van der Waals surface area contributed by atoms with E-state index in [9.17, 15) is 0 Å². The van der Waals surface area contributed by atoms with E-state index in [1.54, 1.807) is 12.1 Å². The molecule has 0 N–H and O–H groups in total. The molecule has 2 aliphatic heterocycles. The SMILES string of the molecule is Clc1ccc(N=NC2=C3CCCN3CCC2)cc1Cl. The fourth-order valence-electron chi connectivity index (χ4n) is 2.66. The number of rotatable bonds is 2. The van der Waals surface area contributed by atoms with Crippen molar-refractivity contribution in [2.24, 2.45) is 10.2 Å². The zero-order valence-corrected chi connectivity index (χ0v) is 12.1. The van der Waals surface area contributed by atoms with E-state index in [2.05, 4.69) is 15.1 Å². The fraction of sp³-hybridized carbons (Fsp3) is 0.429. The molecule has 0 unspecified atom stereocenters. The minimum absolute atomic E-state index is 0.516. The van der Waals surface area contributed by atoms with Crippen LogP contribution in [-0.2, 0) is 0 Å². The van der Waals surface area contributed by atoms with Crippen molar-refractivity contribution in [1.82, 2.24) is 4.90 Å². The van der Waals surface area contributed by atoms with Crippen molar-refractivity contribution in [2.45, 2.75) is 25.7 Å². The third-order valence-electron chi connectivity index (χ3n) is 3.59. The molecule has 1 saturated heterocycles. The summed E-state index contributed by atoms with van der Waals surface area (Å²) in [6.07, 6.45) is 4.56. The van der Waals surface area contributed by atoms with Crippen LogP contribution in [0, 0.1) is 0 Å². The normalized spacial score (nSPS) is 19.4.